The highest BCUT2D eigenvalue weighted by Crippen LogP contribution is 2.19. The first-order valence-corrected chi connectivity index (χ1v) is 4.70. The maximum atomic E-state index is 5.65. The Morgan fingerprint density at radius 1 is 1.29 bits per heavy atom. The second-order valence-electron chi connectivity index (χ2n) is 3.70. The van der Waals surface area contributed by atoms with Crippen LogP contribution in [0.15, 0.2) is 12.1 Å². The van der Waals surface area contributed by atoms with Crippen LogP contribution in [0, 0.1) is 6.92 Å². The van der Waals surface area contributed by atoms with Crippen LogP contribution >= 0.6 is 0 Å². The van der Waals surface area contributed by atoms with E-state index in [9.17, 15) is 0 Å². The van der Waals surface area contributed by atoms with Crippen LogP contribution in [0.5, 0.6) is 0 Å². The van der Waals surface area contributed by atoms with Crippen molar-refractivity contribution in [1.82, 2.24) is 14.5 Å². The highest BCUT2D eigenvalue weighted by molar-refractivity contribution is 5.73. The number of pyridine rings is 1. The standard InChI is InChI=1S/C10H14N4/c1-6(2)14-7(3)12-8-4-5-9(11)13-10(8)14/h4-6H,1-3H3,(H2,11,13). The first-order valence-electron chi connectivity index (χ1n) is 4.70. The molecule has 0 aromatic carbocycles. The van der Waals surface area contributed by atoms with Gasteiger partial charge in [-0.3, -0.25) is 0 Å². The smallest absolute Gasteiger partial charge is 0.162 e. The summed E-state index contributed by atoms with van der Waals surface area (Å²) in [7, 11) is 0. The molecule has 0 spiro atoms. The number of nitrogens with two attached hydrogens (primary N) is 1. The van der Waals surface area contributed by atoms with Gasteiger partial charge in [0.1, 0.15) is 17.2 Å². The van der Waals surface area contributed by atoms with E-state index in [4.69, 9.17) is 5.73 Å². The maximum absolute atomic E-state index is 5.65. The van der Waals surface area contributed by atoms with E-state index in [2.05, 4.69) is 28.4 Å². The number of imidazole rings is 1. The predicted octanol–water partition coefficient (Wildman–Crippen LogP) is 1.90. The average molecular weight is 190 g/mol. The Labute approximate surface area is 82.8 Å². The van der Waals surface area contributed by atoms with Gasteiger partial charge in [0.15, 0.2) is 5.65 Å². The number of nitrogens with zero attached hydrogens (tertiary/aromatic N) is 3. The minimum Gasteiger partial charge on any atom is -0.384 e. The third-order valence-corrected chi connectivity index (χ3v) is 2.25. The Kier molecular flexibility index (Phi) is 1.91. The van der Waals surface area contributed by atoms with Crippen LogP contribution in [0.1, 0.15) is 25.7 Å². The summed E-state index contributed by atoms with van der Waals surface area (Å²) in [5, 5.41) is 0. The van der Waals surface area contributed by atoms with E-state index in [1.165, 1.54) is 0 Å². The summed E-state index contributed by atoms with van der Waals surface area (Å²) in [5.41, 5.74) is 7.43. The minimum absolute atomic E-state index is 0.356. The van der Waals surface area contributed by atoms with Crippen LogP contribution in [-0.2, 0) is 0 Å². The first-order chi connectivity index (χ1) is 6.59. The summed E-state index contributed by atoms with van der Waals surface area (Å²) in [5.74, 6) is 1.52. The van der Waals surface area contributed by atoms with Gasteiger partial charge >= 0.3 is 0 Å². The Morgan fingerprint density at radius 2 is 2.00 bits per heavy atom. The fourth-order valence-corrected chi connectivity index (χ4v) is 1.72. The molecular weight excluding hydrogens is 176 g/mol. The van der Waals surface area contributed by atoms with E-state index in [1.54, 1.807) is 6.07 Å². The lowest BCUT2D eigenvalue weighted by molar-refractivity contribution is 0.596. The van der Waals surface area contributed by atoms with Gasteiger partial charge in [0, 0.05) is 6.04 Å². The first kappa shape index (κ1) is 8.99. The van der Waals surface area contributed by atoms with Crippen molar-refractivity contribution in [2.45, 2.75) is 26.8 Å². The molecule has 14 heavy (non-hydrogen) atoms. The van der Waals surface area contributed by atoms with Crippen LogP contribution < -0.4 is 5.73 Å². The molecule has 0 aliphatic carbocycles. The van der Waals surface area contributed by atoms with Crippen molar-refractivity contribution in [2.24, 2.45) is 0 Å². The van der Waals surface area contributed by atoms with Crippen molar-refractivity contribution < 1.29 is 0 Å². The summed E-state index contributed by atoms with van der Waals surface area (Å²) in [4.78, 5) is 8.72. The highest BCUT2D eigenvalue weighted by atomic mass is 15.1. The van der Waals surface area contributed by atoms with Crippen molar-refractivity contribution in [3.8, 4) is 0 Å². The lowest BCUT2D eigenvalue weighted by atomic mass is 10.3. The summed E-state index contributed by atoms with van der Waals surface area (Å²) in [6, 6.07) is 4.04. The van der Waals surface area contributed by atoms with E-state index >= 15 is 0 Å². The van der Waals surface area contributed by atoms with E-state index in [0.29, 0.717) is 11.9 Å². The van der Waals surface area contributed by atoms with Crippen LogP contribution in [0.4, 0.5) is 5.82 Å². The third-order valence-electron chi connectivity index (χ3n) is 2.25. The molecule has 0 fully saturated rings. The molecule has 2 rings (SSSR count). The van der Waals surface area contributed by atoms with Gasteiger partial charge in [-0.1, -0.05) is 0 Å². The van der Waals surface area contributed by atoms with Gasteiger partial charge in [-0.05, 0) is 32.9 Å². The third kappa shape index (κ3) is 1.23. The van der Waals surface area contributed by atoms with E-state index in [0.717, 1.165) is 17.0 Å². The number of aromatic nitrogens is 3. The molecule has 0 atom stereocenters. The van der Waals surface area contributed by atoms with Crippen molar-refractivity contribution in [3.05, 3.63) is 18.0 Å². The van der Waals surface area contributed by atoms with E-state index in [1.807, 2.05) is 13.0 Å². The summed E-state index contributed by atoms with van der Waals surface area (Å²) in [6.07, 6.45) is 0. The average Bonchev–Trinajstić information content (AvgIpc) is 2.40. The van der Waals surface area contributed by atoms with Crippen LogP contribution in [-0.4, -0.2) is 14.5 Å². The zero-order valence-electron chi connectivity index (χ0n) is 8.65. The number of hydrogen-bond acceptors (Lipinski definition) is 3. The van der Waals surface area contributed by atoms with Crippen molar-refractivity contribution >= 4 is 17.0 Å². The molecule has 0 bridgehead atoms. The van der Waals surface area contributed by atoms with Crippen molar-refractivity contribution in [2.75, 3.05) is 5.73 Å². The summed E-state index contributed by atoms with van der Waals surface area (Å²) < 4.78 is 2.09. The fraction of sp³-hybridized carbons (Fsp3) is 0.400. The maximum Gasteiger partial charge on any atom is 0.162 e. The molecule has 0 saturated carbocycles. The number of fused-ring (bicyclic) bond motifs is 1. The minimum atomic E-state index is 0.356. The molecule has 0 radical (unpaired) electrons. The quantitative estimate of drug-likeness (QED) is 0.747. The summed E-state index contributed by atoms with van der Waals surface area (Å²) in [6.45, 7) is 6.20. The molecule has 0 aliphatic rings. The lowest BCUT2D eigenvalue weighted by Gasteiger charge is -2.09. The van der Waals surface area contributed by atoms with Gasteiger partial charge in [0.25, 0.3) is 0 Å². The zero-order chi connectivity index (χ0) is 10.3. The number of anilines is 1. The fourth-order valence-electron chi connectivity index (χ4n) is 1.72. The van der Waals surface area contributed by atoms with Gasteiger partial charge in [-0.25, -0.2) is 9.97 Å². The van der Waals surface area contributed by atoms with Gasteiger partial charge in [0.2, 0.25) is 0 Å². The van der Waals surface area contributed by atoms with Crippen LogP contribution in [0.2, 0.25) is 0 Å². The number of rotatable bonds is 1. The largest absolute Gasteiger partial charge is 0.384 e. The molecule has 74 valence electrons. The SMILES string of the molecule is Cc1nc2ccc(N)nc2n1C(C)C. The molecule has 2 N–H and O–H groups in total. The van der Waals surface area contributed by atoms with Gasteiger partial charge in [-0.15, -0.1) is 0 Å². The molecule has 0 unspecified atom stereocenters. The topological polar surface area (TPSA) is 56.7 Å². The van der Waals surface area contributed by atoms with Gasteiger partial charge < -0.3 is 10.3 Å². The molecular formula is C10H14N4. The second kappa shape index (κ2) is 2.97. The second-order valence-corrected chi connectivity index (χ2v) is 3.70. The molecule has 2 aromatic rings. The van der Waals surface area contributed by atoms with E-state index < -0.39 is 0 Å². The lowest BCUT2D eigenvalue weighted by Crippen LogP contribution is -2.04. The van der Waals surface area contributed by atoms with E-state index in [-0.39, 0.29) is 0 Å². The number of hydrogen-bond donors (Lipinski definition) is 1. The summed E-state index contributed by atoms with van der Waals surface area (Å²) >= 11 is 0. The van der Waals surface area contributed by atoms with Crippen LogP contribution in [0.25, 0.3) is 11.2 Å². The van der Waals surface area contributed by atoms with Gasteiger partial charge in [-0.2, -0.15) is 0 Å². The predicted molar refractivity (Wildman–Crippen MR) is 57.1 cm³/mol. The molecule has 0 aliphatic heterocycles. The number of nitrogen functional groups attached to an aromatic ring is 1. The Morgan fingerprint density at radius 3 is 2.64 bits per heavy atom. The Balaban J connectivity index is 2.79. The Hall–Kier alpha value is -1.58. The number of aryl methyl sites for hydroxylation is 1. The van der Waals surface area contributed by atoms with Gasteiger partial charge in [0.05, 0.1) is 0 Å². The molecule has 0 amide bonds. The molecule has 4 heteroatoms. The zero-order valence-corrected chi connectivity index (χ0v) is 8.65. The van der Waals surface area contributed by atoms with Crippen molar-refractivity contribution in [1.29, 1.82) is 0 Å². The molecule has 2 aromatic heterocycles. The Bertz CT molecular complexity index is 470. The molecule has 4 nitrogen and oxygen atoms in total. The van der Waals surface area contributed by atoms with Crippen LogP contribution in [0.3, 0.4) is 0 Å². The normalized spacial score (nSPS) is 11.4. The molecule has 2 heterocycles. The highest BCUT2D eigenvalue weighted by Gasteiger charge is 2.10. The van der Waals surface area contributed by atoms with Crippen molar-refractivity contribution in [3.63, 3.8) is 0 Å². The monoisotopic (exact) mass is 190 g/mol. The molecule has 0 saturated heterocycles.